The van der Waals surface area contributed by atoms with Crippen molar-refractivity contribution in [2.24, 2.45) is 0 Å². The molecule has 0 aliphatic carbocycles. The summed E-state index contributed by atoms with van der Waals surface area (Å²) in [4.78, 5) is 41.8. The van der Waals surface area contributed by atoms with Gasteiger partial charge in [0.05, 0.1) is 5.69 Å². The van der Waals surface area contributed by atoms with Gasteiger partial charge >= 0.3 is 6.03 Å². The molecule has 1 fully saturated rings. The van der Waals surface area contributed by atoms with Gasteiger partial charge in [0.1, 0.15) is 5.57 Å². The first-order valence-corrected chi connectivity index (χ1v) is 7.84. The summed E-state index contributed by atoms with van der Waals surface area (Å²) >= 11 is 3.37. The Morgan fingerprint density at radius 2 is 2.00 bits per heavy atom. The van der Waals surface area contributed by atoms with Crippen LogP contribution in [-0.4, -0.2) is 22.8 Å². The molecule has 6 nitrogen and oxygen atoms in total. The van der Waals surface area contributed by atoms with E-state index in [0.29, 0.717) is 11.3 Å². The molecule has 0 radical (unpaired) electrons. The minimum atomic E-state index is -0.768. The van der Waals surface area contributed by atoms with Crippen LogP contribution < -0.4 is 10.2 Å². The first-order valence-electron chi connectivity index (χ1n) is 7.05. The average molecular weight is 386 g/mol. The van der Waals surface area contributed by atoms with Crippen LogP contribution >= 0.6 is 15.9 Å². The van der Waals surface area contributed by atoms with Gasteiger partial charge in [-0.15, -0.1) is 0 Å². The van der Waals surface area contributed by atoms with E-state index in [1.165, 1.54) is 12.3 Å². The van der Waals surface area contributed by atoms with Crippen LogP contribution in [0.4, 0.5) is 10.5 Å². The van der Waals surface area contributed by atoms with E-state index in [4.69, 9.17) is 0 Å². The van der Waals surface area contributed by atoms with Crippen molar-refractivity contribution < 1.29 is 14.4 Å². The van der Waals surface area contributed by atoms with E-state index in [0.717, 1.165) is 14.9 Å². The Bertz CT molecular complexity index is 878. The van der Waals surface area contributed by atoms with Crippen molar-refractivity contribution in [3.8, 4) is 0 Å². The maximum absolute atomic E-state index is 12.7. The van der Waals surface area contributed by atoms with Crippen LogP contribution in [0.2, 0.25) is 0 Å². The number of rotatable bonds is 2. The fourth-order valence-corrected chi connectivity index (χ4v) is 2.53. The topological polar surface area (TPSA) is 79.4 Å². The summed E-state index contributed by atoms with van der Waals surface area (Å²) < 4.78 is 0.860. The third kappa shape index (κ3) is 2.98. The van der Waals surface area contributed by atoms with Crippen LogP contribution in [0, 0.1) is 6.92 Å². The van der Waals surface area contributed by atoms with Crippen LogP contribution in [0.5, 0.6) is 0 Å². The molecular formula is C17H12BrN3O3. The predicted octanol–water partition coefficient (Wildman–Crippen LogP) is 2.82. The highest BCUT2D eigenvalue weighted by Gasteiger charge is 2.36. The van der Waals surface area contributed by atoms with Gasteiger partial charge in [-0.05, 0) is 48.4 Å². The number of imide groups is 2. The highest BCUT2D eigenvalue weighted by molar-refractivity contribution is 9.10. The van der Waals surface area contributed by atoms with Crippen molar-refractivity contribution in [1.29, 1.82) is 0 Å². The highest BCUT2D eigenvalue weighted by atomic mass is 79.9. The van der Waals surface area contributed by atoms with Gasteiger partial charge in [-0.3, -0.25) is 19.9 Å². The zero-order valence-electron chi connectivity index (χ0n) is 12.6. The van der Waals surface area contributed by atoms with Crippen molar-refractivity contribution in [1.82, 2.24) is 10.3 Å². The molecule has 1 aromatic carbocycles. The lowest BCUT2D eigenvalue weighted by atomic mass is 10.1. The van der Waals surface area contributed by atoms with E-state index in [1.807, 2.05) is 6.92 Å². The summed E-state index contributed by atoms with van der Waals surface area (Å²) in [5, 5.41) is 2.19. The van der Waals surface area contributed by atoms with E-state index in [9.17, 15) is 14.4 Å². The fraction of sp³-hybridized carbons (Fsp3) is 0.0588. The molecule has 2 heterocycles. The number of amides is 4. The van der Waals surface area contributed by atoms with Gasteiger partial charge in [-0.1, -0.05) is 22.0 Å². The zero-order valence-corrected chi connectivity index (χ0v) is 14.2. The molecule has 2 aromatic rings. The smallest absolute Gasteiger partial charge is 0.273 e. The molecule has 0 atom stereocenters. The molecule has 1 aliphatic heterocycles. The number of urea groups is 1. The van der Waals surface area contributed by atoms with Crippen molar-refractivity contribution in [3.63, 3.8) is 0 Å². The van der Waals surface area contributed by atoms with Gasteiger partial charge in [-0.2, -0.15) is 0 Å². The van der Waals surface area contributed by atoms with Crippen molar-refractivity contribution in [2.45, 2.75) is 6.92 Å². The lowest BCUT2D eigenvalue weighted by molar-refractivity contribution is -0.122. The predicted molar refractivity (Wildman–Crippen MR) is 92.1 cm³/mol. The molecule has 24 heavy (non-hydrogen) atoms. The van der Waals surface area contributed by atoms with Gasteiger partial charge in [0.15, 0.2) is 0 Å². The first kappa shape index (κ1) is 16.1. The van der Waals surface area contributed by atoms with Gasteiger partial charge in [-0.25, -0.2) is 9.69 Å². The second-order valence-corrected chi connectivity index (χ2v) is 6.03. The number of carbonyl (C=O) groups excluding carboxylic acids is 3. The molecule has 4 amide bonds. The summed E-state index contributed by atoms with van der Waals surface area (Å²) in [6.45, 7) is 1.84. The standard InChI is InChI=1S/C17H12BrN3O3/c1-10-7-12(4-5-14(10)18)21-16(23)13(15(22)20-17(21)24)8-11-3-2-6-19-9-11/h2-9H,1H3,(H,20,22,24)/b13-8+. The number of halogens is 1. The summed E-state index contributed by atoms with van der Waals surface area (Å²) in [6, 6.07) is 7.70. The molecule has 7 heteroatoms. The Hall–Kier alpha value is -2.80. The maximum atomic E-state index is 12.7. The fourth-order valence-electron chi connectivity index (χ4n) is 2.29. The average Bonchev–Trinajstić information content (AvgIpc) is 2.55. The number of hydrogen-bond acceptors (Lipinski definition) is 4. The third-order valence-corrected chi connectivity index (χ3v) is 4.39. The number of benzene rings is 1. The highest BCUT2D eigenvalue weighted by Crippen LogP contribution is 2.26. The van der Waals surface area contributed by atoms with Gasteiger partial charge in [0, 0.05) is 16.9 Å². The molecule has 0 unspecified atom stereocenters. The molecule has 3 rings (SSSR count). The number of anilines is 1. The van der Waals surface area contributed by atoms with Crippen LogP contribution in [0.15, 0.2) is 52.8 Å². The molecule has 0 spiro atoms. The van der Waals surface area contributed by atoms with Gasteiger partial charge in [0.25, 0.3) is 11.8 Å². The summed E-state index contributed by atoms with van der Waals surface area (Å²) in [5.74, 6) is -1.40. The summed E-state index contributed by atoms with van der Waals surface area (Å²) in [5.41, 5.74) is 1.73. The zero-order chi connectivity index (χ0) is 17.3. The minimum absolute atomic E-state index is 0.122. The SMILES string of the molecule is Cc1cc(N2C(=O)NC(=O)/C(=C\c3cccnc3)C2=O)ccc1Br. The second kappa shape index (κ2) is 6.37. The molecule has 0 saturated carbocycles. The number of aromatic nitrogens is 1. The summed E-state index contributed by atoms with van der Waals surface area (Å²) in [6.07, 6.45) is 4.53. The van der Waals surface area contributed by atoms with Crippen LogP contribution in [-0.2, 0) is 9.59 Å². The Morgan fingerprint density at radius 1 is 1.21 bits per heavy atom. The number of nitrogens with zero attached hydrogens (tertiary/aromatic N) is 2. The third-order valence-electron chi connectivity index (χ3n) is 3.50. The second-order valence-electron chi connectivity index (χ2n) is 5.18. The van der Waals surface area contributed by atoms with Crippen LogP contribution in [0.1, 0.15) is 11.1 Å². The summed E-state index contributed by atoms with van der Waals surface area (Å²) in [7, 11) is 0. The van der Waals surface area contributed by atoms with Crippen molar-refractivity contribution >= 4 is 45.5 Å². The Balaban J connectivity index is 2.03. The Labute approximate surface area is 146 Å². The van der Waals surface area contributed by atoms with Crippen LogP contribution in [0.25, 0.3) is 6.08 Å². The molecule has 120 valence electrons. The normalized spacial score (nSPS) is 16.5. The Morgan fingerprint density at radius 3 is 2.67 bits per heavy atom. The number of aryl methyl sites for hydroxylation is 1. The maximum Gasteiger partial charge on any atom is 0.335 e. The lowest BCUT2D eigenvalue weighted by Gasteiger charge is -2.26. The van der Waals surface area contributed by atoms with E-state index < -0.39 is 17.8 Å². The number of carbonyl (C=O) groups is 3. The van der Waals surface area contributed by atoms with E-state index in [2.05, 4.69) is 26.2 Å². The monoisotopic (exact) mass is 385 g/mol. The number of hydrogen-bond donors (Lipinski definition) is 1. The molecule has 1 aliphatic rings. The molecule has 1 aromatic heterocycles. The molecular weight excluding hydrogens is 374 g/mol. The molecule has 1 N–H and O–H groups in total. The van der Waals surface area contributed by atoms with Crippen molar-refractivity contribution in [3.05, 3.63) is 63.9 Å². The lowest BCUT2D eigenvalue weighted by Crippen LogP contribution is -2.54. The van der Waals surface area contributed by atoms with Gasteiger partial charge < -0.3 is 0 Å². The van der Waals surface area contributed by atoms with Crippen LogP contribution in [0.3, 0.4) is 0 Å². The largest absolute Gasteiger partial charge is 0.335 e. The van der Waals surface area contributed by atoms with Gasteiger partial charge in [0.2, 0.25) is 0 Å². The number of barbiturate groups is 1. The first-order chi connectivity index (χ1) is 11.5. The van der Waals surface area contributed by atoms with Crippen molar-refractivity contribution in [2.75, 3.05) is 4.90 Å². The van der Waals surface area contributed by atoms with E-state index in [1.54, 1.807) is 36.5 Å². The number of pyridine rings is 1. The van der Waals surface area contributed by atoms with E-state index in [-0.39, 0.29) is 5.57 Å². The molecule has 1 saturated heterocycles. The molecule has 0 bridgehead atoms. The quantitative estimate of drug-likeness (QED) is 0.636. The Kier molecular flexibility index (Phi) is 4.26. The number of nitrogens with one attached hydrogen (secondary N) is 1. The minimum Gasteiger partial charge on any atom is -0.273 e. The van der Waals surface area contributed by atoms with E-state index >= 15 is 0 Å².